The number of hydrogen-bond donors (Lipinski definition) is 1. The quantitative estimate of drug-likeness (QED) is 0.928. The van der Waals surface area contributed by atoms with Crippen LogP contribution in [0.25, 0.3) is 0 Å². The van der Waals surface area contributed by atoms with Crippen molar-refractivity contribution in [1.82, 2.24) is 4.90 Å². The molecule has 112 valence electrons. The summed E-state index contributed by atoms with van der Waals surface area (Å²) in [5, 5.41) is 12.0. The molecule has 0 aliphatic carbocycles. The van der Waals surface area contributed by atoms with Crippen molar-refractivity contribution in [3.8, 4) is 6.07 Å². The van der Waals surface area contributed by atoms with E-state index in [0.29, 0.717) is 12.2 Å². The van der Waals surface area contributed by atoms with E-state index in [4.69, 9.17) is 0 Å². The Morgan fingerprint density at radius 3 is 2.57 bits per heavy atom. The summed E-state index contributed by atoms with van der Waals surface area (Å²) in [5.41, 5.74) is 0.592. The number of rotatable bonds is 4. The molecule has 0 saturated carbocycles. The predicted octanol–water partition coefficient (Wildman–Crippen LogP) is 2.49. The molecule has 1 aromatic rings. The number of thioether (sulfide) groups is 1. The average Bonchev–Trinajstić information content (AvgIpc) is 2.51. The number of likely N-dealkylation sites (tertiary alicyclic amines) is 1. The summed E-state index contributed by atoms with van der Waals surface area (Å²) in [6.45, 7) is 1.78. The topological polar surface area (TPSA) is 56.1 Å². The Kier molecular flexibility index (Phi) is 5.21. The first-order valence-corrected chi connectivity index (χ1v) is 8.03. The normalized spacial score (nSPS) is 18.0. The smallest absolute Gasteiger partial charge is 0.238 e. The molecule has 1 aliphatic rings. The molecule has 0 atom stereocenters. The van der Waals surface area contributed by atoms with Gasteiger partial charge in [0.2, 0.25) is 5.91 Å². The van der Waals surface area contributed by atoms with Gasteiger partial charge in [0.1, 0.15) is 10.6 Å². The zero-order valence-corrected chi connectivity index (χ0v) is 12.8. The highest BCUT2D eigenvalue weighted by molar-refractivity contribution is 8.00. The van der Waals surface area contributed by atoms with Crippen LogP contribution >= 0.6 is 11.8 Å². The van der Waals surface area contributed by atoms with Crippen molar-refractivity contribution in [3.05, 3.63) is 30.1 Å². The number of carbonyl (C=O) groups excluding carboxylic acids is 1. The molecule has 1 N–H and O–H groups in total. The van der Waals surface area contributed by atoms with E-state index in [-0.39, 0.29) is 16.5 Å². The summed E-state index contributed by atoms with van der Waals surface area (Å²) in [4.78, 5) is 14.0. The van der Waals surface area contributed by atoms with Gasteiger partial charge in [-0.1, -0.05) is 0 Å². The van der Waals surface area contributed by atoms with Crippen LogP contribution in [-0.4, -0.2) is 41.4 Å². The molecule has 21 heavy (non-hydrogen) atoms. The molecule has 0 unspecified atom stereocenters. The van der Waals surface area contributed by atoms with Gasteiger partial charge in [-0.2, -0.15) is 5.26 Å². The van der Waals surface area contributed by atoms with E-state index in [2.05, 4.69) is 11.4 Å². The molecule has 1 heterocycles. The second kappa shape index (κ2) is 6.92. The number of benzene rings is 1. The molecule has 0 radical (unpaired) electrons. The minimum atomic E-state index is -0.325. The van der Waals surface area contributed by atoms with Crippen molar-refractivity contribution < 1.29 is 9.18 Å². The molecule has 0 spiro atoms. The summed E-state index contributed by atoms with van der Waals surface area (Å²) in [6.07, 6.45) is 3.50. The minimum Gasteiger partial charge on any atom is -0.325 e. The third-order valence-electron chi connectivity index (χ3n) is 3.75. The van der Waals surface area contributed by atoms with Gasteiger partial charge in [0.05, 0.1) is 12.6 Å². The van der Waals surface area contributed by atoms with E-state index in [9.17, 15) is 14.4 Å². The Bertz CT molecular complexity index is 533. The maximum Gasteiger partial charge on any atom is 0.238 e. The second-order valence-corrected chi connectivity index (χ2v) is 6.33. The van der Waals surface area contributed by atoms with E-state index in [0.717, 1.165) is 25.9 Å². The van der Waals surface area contributed by atoms with E-state index in [1.807, 2.05) is 11.2 Å². The van der Waals surface area contributed by atoms with Crippen LogP contribution in [0.5, 0.6) is 0 Å². The van der Waals surface area contributed by atoms with Crippen LogP contribution in [0.1, 0.15) is 12.8 Å². The molecule has 0 bridgehead atoms. The van der Waals surface area contributed by atoms with Crippen molar-refractivity contribution in [3.63, 3.8) is 0 Å². The number of hydrogen-bond acceptors (Lipinski definition) is 4. The third kappa shape index (κ3) is 4.19. The van der Waals surface area contributed by atoms with Gasteiger partial charge in [0.15, 0.2) is 0 Å². The molecular weight excluding hydrogens is 289 g/mol. The molecule has 1 aliphatic heterocycles. The molecule has 1 fully saturated rings. The summed E-state index contributed by atoms with van der Waals surface area (Å²) >= 11 is 1.59. The van der Waals surface area contributed by atoms with Crippen molar-refractivity contribution in [2.24, 2.45) is 0 Å². The number of nitrogens with one attached hydrogen (secondary N) is 1. The highest BCUT2D eigenvalue weighted by atomic mass is 32.2. The largest absolute Gasteiger partial charge is 0.325 e. The van der Waals surface area contributed by atoms with Gasteiger partial charge in [-0.15, -0.1) is 11.8 Å². The SMILES string of the molecule is CSC1(C#N)CCN(CC(=O)Nc2ccc(F)cc2)CC1. The Hall–Kier alpha value is -1.58. The van der Waals surface area contributed by atoms with Gasteiger partial charge in [0, 0.05) is 18.8 Å². The van der Waals surface area contributed by atoms with Gasteiger partial charge in [-0.25, -0.2) is 4.39 Å². The monoisotopic (exact) mass is 307 g/mol. The molecule has 1 saturated heterocycles. The summed E-state index contributed by atoms with van der Waals surface area (Å²) in [5.74, 6) is -0.441. The van der Waals surface area contributed by atoms with Gasteiger partial charge in [-0.3, -0.25) is 9.69 Å². The highest BCUT2D eigenvalue weighted by Crippen LogP contribution is 2.33. The van der Waals surface area contributed by atoms with Crippen molar-refractivity contribution in [2.45, 2.75) is 17.6 Å². The van der Waals surface area contributed by atoms with Gasteiger partial charge < -0.3 is 5.32 Å². The standard InChI is InChI=1S/C15H18FN3OS/c1-21-15(11-17)6-8-19(9-7-15)10-14(20)18-13-4-2-12(16)3-5-13/h2-5H,6-10H2,1H3,(H,18,20). The van der Waals surface area contributed by atoms with Crippen molar-refractivity contribution in [1.29, 1.82) is 5.26 Å². The first kappa shape index (κ1) is 15.8. The van der Waals surface area contributed by atoms with Crippen molar-refractivity contribution in [2.75, 3.05) is 31.2 Å². The number of nitrogens with zero attached hydrogens (tertiary/aromatic N) is 2. The fraction of sp³-hybridized carbons (Fsp3) is 0.467. The van der Waals surface area contributed by atoms with Gasteiger partial charge in [0.25, 0.3) is 0 Å². The van der Waals surface area contributed by atoms with Crippen LogP contribution < -0.4 is 5.32 Å². The van der Waals surface area contributed by atoms with E-state index in [1.165, 1.54) is 24.3 Å². The molecule has 0 aromatic heterocycles. The van der Waals surface area contributed by atoms with E-state index in [1.54, 1.807) is 11.8 Å². The number of halogens is 1. The van der Waals surface area contributed by atoms with Crippen LogP contribution in [0.3, 0.4) is 0 Å². The van der Waals surface area contributed by atoms with Crippen molar-refractivity contribution >= 4 is 23.4 Å². The summed E-state index contributed by atoms with van der Waals surface area (Å²) in [6, 6.07) is 8.10. The summed E-state index contributed by atoms with van der Waals surface area (Å²) in [7, 11) is 0. The molecule has 4 nitrogen and oxygen atoms in total. The number of anilines is 1. The number of amides is 1. The Labute approximate surface area is 128 Å². The predicted molar refractivity (Wildman–Crippen MR) is 82.6 cm³/mol. The first-order chi connectivity index (χ1) is 10.1. The highest BCUT2D eigenvalue weighted by Gasteiger charge is 2.34. The lowest BCUT2D eigenvalue weighted by Gasteiger charge is -2.35. The minimum absolute atomic E-state index is 0.116. The Balaban J connectivity index is 1.82. The van der Waals surface area contributed by atoms with E-state index >= 15 is 0 Å². The lowest BCUT2D eigenvalue weighted by atomic mass is 9.97. The zero-order chi connectivity index (χ0) is 15.3. The Morgan fingerprint density at radius 2 is 2.05 bits per heavy atom. The average molecular weight is 307 g/mol. The maximum atomic E-state index is 12.8. The fourth-order valence-corrected chi connectivity index (χ4v) is 3.05. The van der Waals surface area contributed by atoms with E-state index < -0.39 is 0 Å². The summed E-state index contributed by atoms with van der Waals surface area (Å²) < 4.78 is 12.5. The van der Waals surface area contributed by atoms with Crippen LogP contribution in [0.2, 0.25) is 0 Å². The molecular formula is C15H18FN3OS. The van der Waals surface area contributed by atoms with Crippen LogP contribution in [0, 0.1) is 17.1 Å². The third-order valence-corrected chi connectivity index (χ3v) is 5.03. The second-order valence-electron chi connectivity index (χ2n) is 5.14. The number of nitriles is 1. The fourth-order valence-electron chi connectivity index (χ4n) is 2.37. The zero-order valence-electron chi connectivity index (χ0n) is 11.9. The van der Waals surface area contributed by atoms with Gasteiger partial charge in [-0.05, 0) is 43.4 Å². The van der Waals surface area contributed by atoms with Gasteiger partial charge >= 0.3 is 0 Å². The van der Waals surface area contributed by atoms with Crippen LogP contribution in [-0.2, 0) is 4.79 Å². The number of carbonyl (C=O) groups is 1. The van der Waals surface area contributed by atoms with Crippen LogP contribution in [0.15, 0.2) is 24.3 Å². The molecule has 6 heteroatoms. The molecule has 1 amide bonds. The maximum absolute atomic E-state index is 12.8. The lowest BCUT2D eigenvalue weighted by Crippen LogP contribution is -2.44. The van der Waals surface area contributed by atoms with Crippen LogP contribution in [0.4, 0.5) is 10.1 Å². The Morgan fingerprint density at radius 1 is 1.43 bits per heavy atom. The molecule has 1 aromatic carbocycles. The first-order valence-electron chi connectivity index (χ1n) is 6.81. The number of piperidine rings is 1. The lowest BCUT2D eigenvalue weighted by molar-refractivity contribution is -0.117. The molecule has 2 rings (SSSR count).